The van der Waals surface area contributed by atoms with Crippen molar-refractivity contribution in [2.45, 2.75) is 33.9 Å². The van der Waals surface area contributed by atoms with E-state index in [-0.39, 0.29) is 23.6 Å². The summed E-state index contributed by atoms with van der Waals surface area (Å²) in [6.45, 7) is 5.74. The maximum atomic E-state index is 12.8. The Balaban J connectivity index is 2.03. The molecule has 9 heteroatoms. The zero-order chi connectivity index (χ0) is 22.7. The summed E-state index contributed by atoms with van der Waals surface area (Å²) in [7, 11) is 3.28. The molecule has 0 radical (unpaired) electrons. The number of hydrogen-bond donors (Lipinski definition) is 0. The topological polar surface area (TPSA) is 97.3 Å². The fourth-order valence-corrected chi connectivity index (χ4v) is 3.35. The second-order valence-corrected chi connectivity index (χ2v) is 7.01. The number of aryl methyl sites for hydroxylation is 2. The van der Waals surface area contributed by atoms with Gasteiger partial charge in [-0.25, -0.2) is 9.78 Å². The number of methoxy groups -OCH3 is 1. The lowest BCUT2D eigenvalue weighted by Gasteiger charge is -2.10. The Morgan fingerprint density at radius 2 is 1.81 bits per heavy atom. The van der Waals surface area contributed by atoms with Crippen molar-refractivity contribution < 1.29 is 14.3 Å². The number of benzene rings is 1. The van der Waals surface area contributed by atoms with E-state index in [9.17, 15) is 14.4 Å². The number of carbonyl (C=O) groups is 1. The molecule has 3 rings (SSSR count). The first-order valence-corrected chi connectivity index (χ1v) is 10.0. The molecule has 0 aliphatic carbocycles. The van der Waals surface area contributed by atoms with Gasteiger partial charge in [-0.1, -0.05) is 12.1 Å². The normalized spacial score (nSPS) is 11.4. The second-order valence-electron chi connectivity index (χ2n) is 7.01. The molecule has 0 fully saturated rings. The van der Waals surface area contributed by atoms with Gasteiger partial charge in [0.1, 0.15) is 12.4 Å². The van der Waals surface area contributed by atoms with Crippen molar-refractivity contribution in [2.24, 2.45) is 7.05 Å². The van der Waals surface area contributed by atoms with Gasteiger partial charge in [0.15, 0.2) is 28.4 Å². The van der Waals surface area contributed by atoms with Crippen LogP contribution in [0, 0.1) is 0 Å². The highest BCUT2D eigenvalue weighted by molar-refractivity contribution is 5.78. The van der Waals surface area contributed by atoms with Crippen LogP contribution in [0.5, 0.6) is 11.5 Å². The number of rotatable bonds is 8. The molecule has 0 N–H and O–H groups in total. The lowest BCUT2D eigenvalue weighted by Crippen LogP contribution is -2.39. The Morgan fingerprint density at radius 1 is 1.10 bits per heavy atom. The van der Waals surface area contributed by atoms with Crippen molar-refractivity contribution in [3.8, 4) is 11.5 Å². The third-order valence-electron chi connectivity index (χ3n) is 4.95. The summed E-state index contributed by atoms with van der Waals surface area (Å²) < 4.78 is 15.2. The third kappa shape index (κ3) is 4.16. The van der Waals surface area contributed by atoms with Crippen LogP contribution < -0.4 is 20.7 Å². The molecular weight excluding hydrogens is 400 g/mol. The zero-order valence-corrected chi connectivity index (χ0v) is 18.3. The molecule has 0 amide bonds. The minimum Gasteiger partial charge on any atom is -0.493 e. The number of hydrogen-bond acceptors (Lipinski definition) is 6. The Kier molecular flexibility index (Phi) is 6.43. The van der Waals surface area contributed by atoms with E-state index in [1.54, 1.807) is 36.7 Å². The first-order valence-electron chi connectivity index (χ1n) is 10.0. The fraction of sp³-hybridized carbons (Fsp3) is 0.364. The summed E-state index contributed by atoms with van der Waals surface area (Å²) in [6, 6.07) is 5.33. The molecule has 0 saturated carbocycles. The molecule has 164 valence electrons. The van der Waals surface area contributed by atoms with Gasteiger partial charge in [0.2, 0.25) is 0 Å². The summed E-state index contributed by atoms with van der Waals surface area (Å²) in [5.41, 5.74) is 0.860. The average molecular weight is 426 g/mol. The van der Waals surface area contributed by atoms with E-state index in [0.29, 0.717) is 41.6 Å². The van der Waals surface area contributed by atoms with Gasteiger partial charge in [-0.05, 0) is 44.5 Å². The first kappa shape index (κ1) is 22.1. The van der Waals surface area contributed by atoms with Crippen LogP contribution in [-0.2, 0) is 24.9 Å². The van der Waals surface area contributed by atoms with Gasteiger partial charge >= 0.3 is 5.69 Å². The molecule has 1 aromatic carbocycles. The molecular formula is C22H26N4O5. The molecule has 0 aliphatic heterocycles. The van der Waals surface area contributed by atoms with Crippen LogP contribution in [0.1, 0.15) is 32.2 Å². The van der Waals surface area contributed by atoms with Crippen molar-refractivity contribution >= 4 is 29.1 Å². The van der Waals surface area contributed by atoms with Crippen LogP contribution in [0.4, 0.5) is 0 Å². The van der Waals surface area contributed by atoms with Crippen LogP contribution in [0.2, 0.25) is 0 Å². The summed E-state index contributed by atoms with van der Waals surface area (Å²) in [5, 5.41) is 0. The third-order valence-corrected chi connectivity index (χ3v) is 4.95. The molecule has 2 heterocycles. The number of imidazole rings is 1. The predicted octanol–water partition coefficient (Wildman–Crippen LogP) is 2.08. The maximum Gasteiger partial charge on any atom is 0.332 e. The largest absolute Gasteiger partial charge is 0.493 e. The first-order chi connectivity index (χ1) is 14.8. The smallest absolute Gasteiger partial charge is 0.332 e. The van der Waals surface area contributed by atoms with E-state index in [1.165, 1.54) is 23.2 Å². The van der Waals surface area contributed by atoms with E-state index in [4.69, 9.17) is 9.47 Å². The Labute approximate surface area is 179 Å². The van der Waals surface area contributed by atoms with Crippen molar-refractivity contribution in [1.82, 2.24) is 18.7 Å². The van der Waals surface area contributed by atoms with E-state index < -0.39 is 0 Å². The number of aromatic nitrogens is 4. The number of carbonyl (C=O) groups excluding carboxylic acids is 1. The van der Waals surface area contributed by atoms with Gasteiger partial charge in [0, 0.05) is 20.1 Å². The Hall–Kier alpha value is -3.62. The van der Waals surface area contributed by atoms with Crippen molar-refractivity contribution in [3.63, 3.8) is 0 Å². The molecule has 0 spiro atoms. The minimum atomic E-state index is -0.359. The van der Waals surface area contributed by atoms with Crippen LogP contribution in [-0.4, -0.2) is 38.2 Å². The van der Waals surface area contributed by atoms with Crippen LogP contribution >= 0.6 is 0 Å². The Morgan fingerprint density at radius 3 is 2.42 bits per heavy atom. The summed E-state index contributed by atoms with van der Waals surface area (Å²) in [4.78, 5) is 41.1. The Bertz CT molecular complexity index is 1280. The lowest BCUT2D eigenvalue weighted by atomic mass is 10.2. The number of ketones is 1. The standard InChI is InChI=1S/C22H26N4O5/c1-6-25-20-19(21(28)26(7-2)22(25)29)24(4)18(23-20)11-9-15-8-10-16(17(12-15)30-5)31-13-14(3)27/h8-12H,6-7,13H2,1-5H3/b11-9+. The molecule has 0 unspecified atom stereocenters. The SMILES string of the molecule is CCn1c(=O)c2c(nc(/C=C/c3ccc(OCC(C)=O)c(OC)c3)n2C)n(CC)c1=O. The van der Waals surface area contributed by atoms with Gasteiger partial charge in [-0.2, -0.15) is 0 Å². The highest BCUT2D eigenvalue weighted by Gasteiger charge is 2.17. The quantitative estimate of drug-likeness (QED) is 0.547. The number of fused-ring (bicyclic) bond motifs is 1. The zero-order valence-electron chi connectivity index (χ0n) is 18.3. The summed E-state index contributed by atoms with van der Waals surface area (Å²) in [5.74, 6) is 1.43. The predicted molar refractivity (Wildman–Crippen MR) is 119 cm³/mol. The van der Waals surface area contributed by atoms with E-state index in [2.05, 4.69) is 4.98 Å². The highest BCUT2D eigenvalue weighted by Crippen LogP contribution is 2.29. The number of nitrogens with zero attached hydrogens (tertiary/aromatic N) is 4. The lowest BCUT2D eigenvalue weighted by molar-refractivity contribution is -0.118. The van der Waals surface area contributed by atoms with E-state index >= 15 is 0 Å². The van der Waals surface area contributed by atoms with Crippen molar-refractivity contribution in [3.05, 3.63) is 50.4 Å². The monoisotopic (exact) mass is 426 g/mol. The van der Waals surface area contributed by atoms with Gasteiger partial charge in [0.05, 0.1) is 7.11 Å². The minimum absolute atomic E-state index is 0.0280. The molecule has 0 atom stereocenters. The number of ether oxygens (including phenoxy) is 2. The molecule has 3 aromatic rings. The van der Waals surface area contributed by atoms with Gasteiger partial charge in [-0.3, -0.25) is 18.7 Å². The van der Waals surface area contributed by atoms with Gasteiger partial charge < -0.3 is 14.0 Å². The van der Waals surface area contributed by atoms with Crippen LogP contribution in [0.25, 0.3) is 23.3 Å². The summed E-state index contributed by atoms with van der Waals surface area (Å²) >= 11 is 0. The fourth-order valence-electron chi connectivity index (χ4n) is 3.35. The second kappa shape index (κ2) is 9.03. The summed E-state index contributed by atoms with van der Waals surface area (Å²) in [6.07, 6.45) is 3.59. The van der Waals surface area contributed by atoms with E-state index in [0.717, 1.165) is 5.56 Å². The van der Waals surface area contributed by atoms with Crippen LogP contribution in [0.15, 0.2) is 27.8 Å². The van der Waals surface area contributed by atoms with E-state index in [1.807, 2.05) is 19.1 Å². The van der Waals surface area contributed by atoms with Crippen LogP contribution in [0.3, 0.4) is 0 Å². The number of Topliss-reactive ketones (excluding diaryl/α,β-unsaturated/α-hetero) is 1. The molecule has 0 aliphatic rings. The average Bonchev–Trinajstić information content (AvgIpc) is 3.07. The highest BCUT2D eigenvalue weighted by atomic mass is 16.5. The molecule has 0 bridgehead atoms. The van der Waals surface area contributed by atoms with Crippen molar-refractivity contribution in [2.75, 3.05) is 13.7 Å². The van der Waals surface area contributed by atoms with Gasteiger partial charge in [-0.15, -0.1) is 0 Å². The molecule has 31 heavy (non-hydrogen) atoms. The molecule has 0 saturated heterocycles. The van der Waals surface area contributed by atoms with Crippen molar-refractivity contribution in [1.29, 1.82) is 0 Å². The molecule has 9 nitrogen and oxygen atoms in total. The maximum absolute atomic E-state index is 12.8. The van der Waals surface area contributed by atoms with Gasteiger partial charge in [0.25, 0.3) is 5.56 Å². The molecule has 2 aromatic heterocycles.